The Balaban J connectivity index is 1.60. The zero-order valence-corrected chi connectivity index (χ0v) is 14.8. The fourth-order valence-electron chi connectivity index (χ4n) is 3.12. The van der Waals surface area contributed by atoms with E-state index in [0.29, 0.717) is 0 Å². The molecule has 0 fully saturated rings. The van der Waals surface area contributed by atoms with Gasteiger partial charge < -0.3 is 5.32 Å². The standard InChI is InChI=1S/C19H21N3OS/c1-12(2)18(23)20-14-9-7-13(8-10-14)15-11-22-16-5-3-4-6-17(16)24-19(22)21-15/h7-12H,3-6H2,1-2H3,(H,20,23). The summed E-state index contributed by atoms with van der Waals surface area (Å²) >= 11 is 1.82. The van der Waals surface area contributed by atoms with Crippen molar-refractivity contribution in [3.63, 3.8) is 0 Å². The Hall–Kier alpha value is -2.14. The molecule has 0 unspecified atom stereocenters. The first-order valence-electron chi connectivity index (χ1n) is 8.53. The average Bonchev–Trinajstić information content (AvgIpc) is 3.13. The molecule has 1 N–H and O–H groups in total. The van der Waals surface area contributed by atoms with Crippen LogP contribution in [0.25, 0.3) is 16.2 Å². The highest BCUT2D eigenvalue weighted by molar-refractivity contribution is 7.17. The van der Waals surface area contributed by atoms with E-state index < -0.39 is 0 Å². The maximum Gasteiger partial charge on any atom is 0.226 e. The number of imidazole rings is 1. The molecule has 2 aromatic heterocycles. The second-order valence-electron chi connectivity index (χ2n) is 6.68. The molecule has 4 nitrogen and oxygen atoms in total. The van der Waals surface area contributed by atoms with Gasteiger partial charge in [-0.25, -0.2) is 4.98 Å². The number of benzene rings is 1. The summed E-state index contributed by atoms with van der Waals surface area (Å²) in [6.07, 6.45) is 7.08. The number of aromatic nitrogens is 2. The number of nitrogens with one attached hydrogen (secondary N) is 1. The Kier molecular flexibility index (Phi) is 3.88. The highest BCUT2D eigenvalue weighted by Crippen LogP contribution is 2.32. The van der Waals surface area contributed by atoms with Crippen molar-refractivity contribution in [2.24, 2.45) is 5.92 Å². The number of carbonyl (C=O) groups excluding carboxylic acids is 1. The maximum atomic E-state index is 11.8. The van der Waals surface area contributed by atoms with Crippen LogP contribution in [-0.4, -0.2) is 15.3 Å². The fourth-order valence-corrected chi connectivity index (χ4v) is 4.31. The van der Waals surface area contributed by atoms with Crippen LogP contribution in [0.2, 0.25) is 0 Å². The number of nitrogens with zero attached hydrogens (tertiary/aromatic N) is 2. The zero-order valence-electron chi connectivity index (χ0n) is 14.0. The van der Waals surface area contributed by atoms with Crippen molar-refractivity contribution < 1.29 is 4.79 Å². The first-order chi connectivity index (χ1) is 11.6. The van der Waals surface area contributed by atoms with E-state index in [1.165, 1.54) is 29.8 Å². The lowest BCUT2D eigenvalue weighted by Gasteiger charge is -2.10. The van der Waals surface area contributed by atoms with Crippen molar-refractivity contribution in [3.8, 4) is 11.3 Å². The molecule has 1 amide bonds. The van der Waals surface area contributed by atoms with Gasteiger partial charge in [-0.1, -0.05) is 26.0 Å². The number of thiazole rings is 1. The molecular formula is C19H21N3OS. The fraction of sp³-hybridized carbons (Fsp3) is 0.368. The summed E-state index contributed by atoms with van der Waals surface area (Å²) in [7, 11) is 0. The molecule has 0 saturated carbocycles. The number of hydrogen-bond donors (Lipinski definition) is 1. The van der Waals surface area contributed by atoms with E-state index in [0.717, 1.165) is 28.3 Å². The van der Waals surface area contributed by atoms with Gasteiger partial charge in [-0.05, 0) is 37.8 Å². The van der Waals surface area contributed by atoms with E-state index in [-0.39, 0.29) is 11.8 Å². The van der Waals surface area contributed by atoms with Gasteiger partial charge in [0.15, 0.2) is 4.96 Å². The summed E-state index contributed by atoms with van der Waals surface area (Å²) in [6, 6.07) is 7.93. The van der Waals surface area contributed by atoms with Gasteiger partial charge in [0.05, 0.1) is 5.69 Å². The minimum absolute atomic E-state index is 0.0178. The highest BCUT2D eigenvalue weighted by atomic mass is 32.1. The number of amides is 1. The molecule has 24 heavy (non-hydrogen) atoms. The molecule has 124 valence electrons. The summed E-state index contributed by atoms with van der Waals surface area (Å²) in [5.41, 5.74) is 4.35. The van der Waals surface area contributed by atoms with Crippen molar-refractivity contribution in [3.05, 3.63) is 41.0 Å². The molecule has 5 heteroatoms. The number of hydrogen-bond acceptors (Lipinski definition) is 3. The van der Waals surface area contributed by atoms with Crippen LogP contribution in [0.5, 0.6) is 0 Å². The summed E-state index contributed by atoms with van der Waals surface area (Å²) in [4.78, 5) is 19.2. The summed E-state index contributed by atoms with van der Waals surface area (Å²) in [5.74, 6) is 0.0210. The minimum atomic E-state index is -0.0178. The Labute approximate surface area is 145 Å². The van der Waals surface area contributed by atoms with Crippen molar-refractivity contribution in [2.45, 2.75) is 39.5 Å². The van der Waals surface area contributed by atoms with Crippen LogP contribution < -0.4 is 5.32 Å². The van der Waals surface area contributed by atoms with Gasteiger partial charge in [-0.15, -0.1) is 11.3 Å². The minimum Gasteiger partial charge on any atom is -0.326 e. The molecule has 2 heterocycles. The van der Waals surface area contributed by atoms with Crippen LogP contribution in [0.3, 0.4) is 0 Å². The van der Waals surface area contributed by atoms with Gasteiger partial charge in [-0.3, -0.25) is 9.20 Å². The number of anilines is 1. The van der Waals surface area contributed by atoms with Gasteiger partial charge in [0, 0.05) is 33.9 Å². The lowest BCUT2D eigenvalue weighted by Crippen LogP contribution is -2.17. The Morgan fingerprint density at radius 1 is 1.21 bits per heavy atom. The largest absolute Gasteiger partial charge is 0.326 e. The van der Waals surface area contributed by atoms with Gasteiger partial charge in [0.2, 0.25) is 5.91 Å². The predicted molar refractivity (Wildman–Crippen MR) is 98.6 cm³/mol. The highest BCUT2D eigenvalue weighted by Gasteiger charge is 2.18. The third kappa shape index (κ3) is 2.73. The summed E-state index contributed by atoms with van der Waals surface area (Å²) in [5, 5.41) is 2.92. The van der Waals surface area contributed by atoms with Crippen LogP contribution in [0.15, 0.2) is 30.5 Å². The first-order valence-corrected chi connectivity index (χ1v) is 9.34. The lowest BCUT2D eigenvalue weighted by atomic mass is 10.0. The van der Waals surface area contributed by atoms with Crippen LogP contribution in [0, 0.1) is 5.92 Å². The summed E-state index contributed by atoms with van der Waals surface area (Å²) < 4.78 is 2.27. The van der Waals surface area contributed by atoms with E-state index in [9.17, 15) is 4.79 Å². The van der Waals surface area contributed by atoms with E-state index >= 15 is 0 Å². The van der Waals surface area contributed by atoms with Gasteiger partial charge >= 0.3 is 0 Å². The number of carbonyl (C=O) groups is 1. The van der Waals surface area contributed by atoms with Crippen molar-refractivity contribution in [1.82, 2.24) is 9.38 Å². The van der Waals surface area contributed by atoms with E-state index in [1.807, 2.05) is 49.4 Å². The predicted octanol–water partition coefficient (Wildman–Crippen LogP) is 4.54. The molecule has 0 saturated heterocycles. The zero-order chi connectivity index (χ0) is 16.7. The Bertz CT molecular complexity index is 889. The van der Waals surface area contributed by atoms with Crippen LogP contribution in [-0.2, 0) is 17.6 Å². The quantitative estimate of drug-likeness (QED) is 0.762. The molecule has 1 aliphatic rings. The van der Waals surface area contributed by atoms with E-state index in [1.54, 1.807) is 0 Å². The molecule has 0 spiro atoms. The molecular weight excluding hydrogens is 318 g/mol. The SMILES string of the molecule is CC(C)C(=O)Nc1ccc(-c2cn3c4c(sc3n2)CCCC4)cc1. The molecule has 3 aromatic rings. The van der Waals surface area contributed by atoms with Crippen molar-refractivity contribution in [1.29, 1.82) is 0 Å². The normalized spacial score (nSPS) is 14.1. The molecule has 0 aliphatic heterocycles. The first kappa shape index (κ1) is 15.4. The molecule has 1 aromatic carbocycles. The van der Waals surface area contributed by atoms with Crippen molar-refractivity contribution >= 4 is 27.9 Å². The molecule has 1 aliphatic carbocycles. The second-order valence-corrected chi connectivity index (χ2v) is 7.74. The maximum absolute atomic E-state index is 11.8. The van der Waals surface area contributed by atoms with E-state index in [2.05, 4.69) is 15.9 Å². The molecule has 4 rings (SSSR count). The van der Waals surface area contributed by atoms with E-state index in [4.69, 9.17) is 4.98 Å². The van der Waals surface area contributed by atoms with Crippen LogP contribution >= 0.6 is 11.3 Å². The smallest absolute Gasteiger partial charge is 0.226 e. The third-order valence-electron chi connectivity index (χ3n) is 4.54. The number of aryl methyl sites for hydroxylation is 2. The lowest BCUT2D eigenvalue weighted by molar-refractivity contribution is -0.118. The Morgan fingerprint density at radius 2 is 1.96 bits per heavy atom. The average molecular weight is 339 g/mol. The van der Waals surface area contributed by atoms with Gasteiger partial charge in [-0.2, -0.15) is 0 Å². The third-order valence-corrected chi connectivity index (χ3v) is 5.70. The second kappa shape index (κ2) is 6.06. The molecule has 0 atom stereocenters. The molecule has 0 radical (unpaired) electrons. The monoisotopic (exact) mass is 339 g/mol. The van der Waals surface area contributed by atoms with Crippen molar-refractivity contribution in [2.75, 3.05) is 5.32 Å². The Morgan fingerprint density at radius 3 is 2.71 bits per heavy atom. The van der Waals surface area contributed by atoms with Crippen LogP contribution in [0.4, 0.5) is 5.69 Å². The van der Waals surface area contributed by atoms with Gasteiger partial charge in [0.1, 0.15) is 0 Å². The topological polar surface area (TPSA) is 46.4 Å². The van der Waals surface area contributed by atoms with Gasteiger partial charge in [0.25, 0.3) is 0 Å². The molecule has 0 bridgehead atoms. The number of rotatable bonds is 3. The summed E-state index contributed by atoms with van der Waals surface area (Å²) in [6.45, 7) is 3.78. The van der Waals surface area contributed by atoms with Crippen LogP contribution in [0.1, 0.15) is 37.3 Å². The number of fused-ring (bicyclic) bond motifs is 3.